The van der Waals surface area contributed by atoms with Crippen LogP contribution in [0.15, 0.2) is 4.79 Å². The fourth-order valence-electron chi connectivity index (χ4n) is 2.40. The first-order chi connectivity index (χ1) is 8.74. The molecular formula is C12H18N4O2. The average molecular weight is 250 g/mol. The van der Waals surface area contributed by atoms with Crippen molar-refractivity contribution in [2.75, 3.05) is 44.7 Å². The van der Waals surface area contributed by atoms with Crippen LogP contribution in [0.2, 0.25) is 0 Å². The Bertz CT molecular complexity index is 491. The van der Waals surface area contributed by atoms with Gasteiger partial charge in [-0.2, -0.15) is 0 Å². The fraction of sp³-hybridized carbons (Fsp3) is 0.667. The molecule has 0 atom stereocenters. The lowest BCUT2D eigenvalue weighted by Gasteiger charge is -2.33. The number of nitrogens with zero attached hydrogens (tertiary/aromatic N) is 3. The molecule has 98 valence electrons. The van der Waals surface area contributed by atoms with Gasteiger partial charge in [-0.05, 0) is 7.05 Å². The highest BCUT2D eigenvalue weighted by atomic mass is 16.5. The molecule has 0 aliphatic carbocycles. The molecule has 18 heavy (non-hydrogen) atoms. The van der Waals surface area contributed by atoms with Gasteiger partial charge in [-0.15, -0.1) is 0 Å². The topological polar surface area (TPSA) is 61.5 Å². The Kier molecular flexibility index (Phi) is 3.05. The maximum atomic E-state index is 12.0. The summed E-state index contributed by atoms with van der Waals surface area (Å²) in [5.74, 6) is 0.716. The van der Waals surface area contributed by atoms with E-state index < -0.39 is 0 Å². The Labute approximate surface area is 106 Å². The van der Waals surface area contributed by atoms with Gasteiger partial charge in [0.1, 0.15) is 0 Å². The lowest BCUT2D eigenvalue weighted by atomic mass is 10.1. The summed E-state index contributed by atoms with van der Waals surface area (Å²) in [6.45, 7) is 4.88. The molecule has 3 heterocycles. The second-order valence-corrected chi connectivity index (χ2v) is 4.91. The first-order valence-corrected chi connectivity index (χ1v) is 6.37. The second-order valence-electron chi connectivity index (χ2n) is 4.91. The van der Waals surface area contributed by atoms with Crippen LogP contribution in [0.3, 0.4) is 0 Å². The number of anilines is 1. The van der Waals surface area contributed by atoms with Crippen LogP contribution in [0.4, 0.5) is 5.95 Å². The zero-order valence-corrected chi connectivity index (χ0v) is 10.6. The van der Waals surface area contributed by atoms with Crippen LogP contribution in [0.5, 0.6) is 0 Å². The number of aromatic nitrogens is 2. The van der Waals surface area contributed by atoms with Crippen LogP contribution in [-0.2, 0) is 17.8 Å². The number of hydrogen-bond donors (Lipinski definition) is 1. The summed E-state index contributed by atoms with van der Waals surface area (Å²) >= 11 is 0. The van der Waals surface area contributed by atoms with Crippen LogP contribution in [0.1, 0.15) is 11.3 Å². The minimum atomic E-state index is -0.0476. The maximum Gasteiger partial charge on any atom is 0.258 e. The molecule has 0 saturated carbocycles. The summed E-state index contributed by atoms with van der Waals surface area (Å²) in [5, 5.41) is 0. The van der Waals surface area contributed by atoms with E-state index in [0.717, 1.165) is 38.3 Å². The van der Waals surface area contributed by atoms with E-state index in [1.807, 2.05) is 0 Å². The number of aromatic amines is 1. The van der Waals surface area contributed by atoms with Crippen LogP contribution >= 0.6 is 0 Å². The molecule has 0 unspecified atom stereocenters. The molecule has 6 nitrogen and oxygen atoms in total. The summed E-state index contributed by atoms with van der Waals surface area (Å²) in [7, 11) is 2.11. The highest BCUT2D eigenvalue weighted by molar-refractivity contribution is 5.34. The van der Waals surface area contributed by atoms with Crippen LogP contribution < -0.4 is 10.5 Å². The van der Waals surface area contributed by atoms with Crippen molar-refractivity contribution in [1.82, 2.24) is 14.9 Å². The third kappa shape index (κ3) is 2.13. The van der Waals surface area contributed by atoms with Gasteiger partial charge < -0.3 is 14.5 Å². The molecule has 0 amide bonds. The third-order valence-corrected chi connectivity index (χ3v) is 3.62. The Balaban J connectivity index is 1.89. The van der Waals surface area contributed by atoms with Crippen molar-refractivity contribution in [1.29, 1.82) is 0 Å². The van der Waals surface area contributed by atoms with Gasteiger partial charge in [0.05, 0.1) is 24.5 Å². The van der Waals surface area contributed by atoms with Gasteiger partial charge in [-0.3, -0.25) is 9.78 Å². The summed E-state index contributed by atoms with van der Waals surface area (Å²) in [4.78, 5) is 23.9. The summed E-state index contributed by atoms with van der Waals surface area (Å²) in [6.07, 6.45) is 0.736. The molecular weight excluding hydrogens is 232 g/mol. The standard InChI is InChI=1S/C12H18N4O2/c1-15-3-5-16(6-4-15)12-13-10-2-7-18-8-9(10)11(17)14-12/h2-8H2,1H3,(H,13,14,17). The molecule has 1 saturated heterocycles. The molecule has 0 radical (unpaired) electrons. The molecule has 1 N–H and O–H groups in total. The van der Waals surface area contributed by atoms with E-state index in [0.29, 0.717) is 24.7 Å². The van der Waals surface area contributed by atoms with Crippen LogP contribution in [0, 0.1) is 0 Å². The highest BCUT2D eigenvalue weighted by Gasteiger charge is 2.20. The molecule has 6 heteroatoms. The Morgan fingerprint density at radius 1 is 1.28 bits per heavy atom. The summed E-state index contributed by atoms with van der Waals surface area (Å²) < 4.78 is 5.30. The molecule has 2 aliphatic rings. The van der Waals surface area contributed by atoms with Gasteiger partial charge in [0, 0.05) is 32.6 Å². The number of ether oxygens (including phenoxy) is 1. The Morgan fingerprint density at radius 3 is 2.83 bits per heavy atom. The first kappa shape index (κ1) is 11.7. The van der Waals surface area contributed by atoms with E-state index in [4.69, 9.17) is 4.74 Å². The van der Waals surface area contributed by atoms with E-state index in [1.54, 1.807) is 0 Å². The van der Waals surface area contributed by atoms with E-state index in [2.05, 4.69) is 26.8 Å². The van der Waals surface area contributed by atoms with E-state index >= 15 is 0 Å². The van der Waals surface area contributed by atoms with Gasteiger partial charge in [-0.1, -0.05) is 0 Å². The minimum absolute atomic E-state index is 0.0476. The predicted octanol–water partition coefficient (Wildman–Crippen LogP) is -0.406. The number of nitrogens with one attached hydrogen (secondary N) is 1. The maximum absolute atomic E-state index is 12.0. The quantitative estimate of drug-likeness (QED) is 0.734. The Hall–Kier alpha value is -1.40. The predicted molar refractivity (Wildman–Crippen MR) is 67.9 cm³/mol. The van der Waals surface area contributed by atoms with Crippen molar-refractivity contribution in [2.24, 2.45) is 0 Å². The van der Waals surface area contributed by atoms with Gasteiger partial charge in [0.25, 0.3) is 5.56 Å². The molecule has 0 bridgehead atoms. The fourth-order valence-corrected chi connectivity index (χ4v) is 2.40. The molecule has 0 aromatic carbocycles. The number of H-pyrrole nitrogens is 1. The second kappa shape index (κ2) is 4.70. The average Bonchev–Trinajstić information content (AvgIpc) is 2.39. The molecule has 1 aromatic rings. The van der Waals surface area contributed by atoms with E-state index in [9.17, 15) is 4.79 Å². The monoisotopic (exact) mass is 250 g/mol. The van der Waals surface area contributed by atoms with Crippen molar-refractivity contribution < 1.29 is 4.74 Å². The highest BCUT2D eigenvalue weighted by Crippen LogP contribution is 2.15. The van der Waals surface area contributed by atoms with Crippen LogP contribution in [-0.4, -0.2) is 54.7 Å². The van der Waals surface area contributed by atoms with Crippen molar-refractivity contribution >= 4 is 5.95 Å². The first-order valence-electron chi connectivity index (χ1n) is 6.37. The van der Waals surface area contributed by atoms with E-state index in [-0.39, 0.29) is 5.56 Å². The molecule has 3 rings (SSSR count). The largest absolute Gasteiger partial charge is 0.376 e. The third-order valence-electron chi connectivity index (χ3n) is 3.62. The number of piperazine rings is 1. The SMILES string of the molecule is CN1CCN(c2nc3c(c(=O)[nH]2)COCC3)CC1. The normalized spacial score (nSPS) is 20.8. The van der Waals surface area contributed by atoms with Gasteiger partial charge in [-0.25, -0.2) is 4.98 Å². The molecule has 2 aliphatic heterocycles. The summed E-state index contributed by atoms with van der Waals surface area (Å²) in [6, 6.07) is 0. The lowest BCUT2D eigenvalue weighted by Crippen LogP contribution is -2.46. The number of likely N-dealkylation sites (N-methyl/N-ethyl adjacent to an activating group) is 1. The molecule has 0 spiro atoms. The lowest BCUT2D eigenvalue weighted by molar-refractivity contribution is 0.108. The van der Waals surface area contributed by atoms with Gasteiger partial charge in [0.2, 0.25) is 5.95 Å². The minimum Gasteiger partial charge on any atom is -0.376 e. The summed E-state index contributed by atoms with van der Waals surface area (Å²) in [5.41, 5.74) is 1.55. The molecule has 1 fully saturated rings. The van der Waals surface area contributed by atoms with Gasteiger partial charge in [0.15, 0.2) is 0 Å². The van der Waals surface area contributed by atoms with Gasteiger partial charge >= 0.3 is 0 Å². The number of hydrogen-bond acceptors (Lipinski definition) is 5. The number of rotatable bonds is 1. The van der Waals surface area contributed by atoms with Crippen molar-refractivity contribution in [2.45, 2.75) is 13.0 Å². The zero-order chi connectivity index (χ0) is 12.5. The van der Waals surface area contributed by atoms with Crippen LogP contribution in [0.25, 0.3) is 0 Å². The van der Waals surface area contributed by atoms with Crippen molar-refractivity contribution in [3.63, 3.8) is 0 Å². The smallest absolute Gasteiger partial charge is 0.258 e. The van der Waals surface area contributed by atoms with Crippen molar-refractivity contribution in [3.8, 4) is 0 Å². The molecule has 1 aromatic heterocycles. The number of fused-ring (bicyclic) bond motifs is 1. The van der Waals surface area contributed by atoms with Crippen molar-refractivity contribution in [3.05, 3.63) is 21.6 Å². The van der Waals surface area contributed by atoms with E-state index in [1.165, 1.54) is 0 Å². The Morgan fingerprint density at radius 2 is 2.06 bits per heavy atom. The zero-order valence-electron chi connectivity index (χ0n) is 10.6.